The molecule has 7 nitrogen and oxygen atoms in total. The van der Waals surface area contributed by atoms with Gasteiger partial charge in [-0.15, -0.1) is 0 Å². The summed E-state index contributed by atoms with van der Waals surface area (Å²) in [6.45, 7) is 5.64. The van der Waals surface area contributed by atoms with E-state index in [2.05, 4.69) is 5.32 Å². The number of rotatable bonds is 3. The molecule has 1 fully saturated rings. The van der Waals surface area contributed by atoms with Crippen LogP contribution in [0, 0.1) is 13.8 Å². The summed E-state index contributed by atoms with van der Waals surface area (Å²) in [5.74, 6) is -1.12. The lowest BCUT2D eigenvalue weighted by Gasteiger charge is -2.24. The number of hydrogen-bond acceptors (Lipinski definition) is 4. The number of aromatic nitrogens is 1. The summed E-state index contributed by atoms with van der Waals surface area (Å²) in [6, 6.07) is 7.91. The largest absolute Gasteiger partial charge is 0.508 e. The fraction of sp³-hybridized carbons (Fsp3) is 0.211. The van der Waals surface area contributed by atoms with Gasteiger partial charge < -0.3 is 9.67 Å². The Morgan fingerprint density at radius 1 is 1.12 bits per heavy atom. The van der Waals surface area contributed by atoms with Crippen LogP contribution in [0.1, 0.15) is 23.9 Å². The van der Waals surface area contributed by atoms with E-state index in [1.807, 2.05) is 24.5 Å². The summed E-state index contributed by atoms with van der Waals surface area (Å²) in [5.41, 5.74) is 3.23. The van der Waals surface area contributed by atoms with Crippen molar-refractivity contribution in [3.8, 4) is 11.4 Å². The molecule has 0 aliphatic carbocycles. The van der Waals surface area contributed by atoms with Gasteiger partial charge in [-0.05, 0) is 62.7 Å². The van der Waals surface area contributed by atoms with Crippen LogP contribution >= 0.6 is 0 Å². The van der Waals surface area contributed by atoms with Gasteiger partial charge in [-0.3, -0.25) is 19.8 Å². The summed E-state index contributed by atoms with van der Waals surface area (Å²) in [5, 5.41) is 11.6. The van der Waals surface area contributed by atoms with Crippen LogP contribution in [0.2, 0.25) is 0 Å². The van der Waals surface area contributed by atoms with Crippen molar-refractivity contribution in [3.05, 3.63) is 52.9 Å². The molecule has 0 bridgehead atoms. The zero-order chi connectivity index (χ0) is 19.0. The van der Waals surface area contributed by atoms with E-state index < -0.39 is 17.8 Å². The van der Waals surface area contributed by atoms with Crippen LogP contribution in [0.4, 0.5) is 4.79 Å². The van der Waals surface area contributed by atoms with Crippen molar-refractivity contribution in [1.29, 1.82) is 0 Å². The third-order valence-corrected chi connectivity index (χ3v) is 4.38. The number of carbonyl (C=O) groups excluding carboxylic acids is 3. The molecule has 134 valence electrons. The molecule has 1 aromatic carbocycles. The Bertz CT molecular complexity index is 938. The molecule has 1 aliphatic heterocycles. The molecule has 2 N–H and O–H groups in total. The average molecular weight is 353 g/mol. The number of barbiturate groups is 1. The van der Waals surface area contributed by atoms with E-state index in [-0.39, 0.29) is 17.9 Å². The number of phenols is 1. The van der Waals surface area contributed by atoms with Crippen molar-refractivity contribution in [2.45, 2.75) is 20.8 Å². The topological polar surface area (TPSA) is 91.6 Å². The number of urea groups is 1. The second-order valence-electron chi connectivity index (χ2n) is 6.04. The number of nitrogens with one attached hydrogen (secondary N) is 1. The second-order valence-corrected chi connectivity index (χ2v) is 6.04. The minimum atomic E-state index is -0.700. The van der Waals surface area contributed by atoms with Gasteiger partial charge in [-0.2, -0.15) is 0 Å². The molecule has 0 atom stereocenters. The van der Waals surface area contributed by atoms with Crippen LogP contribution in [0.5, 0.6) is 5.75 Å². The van der Waals surface area contributed by atoms with E-state index in [4.69, 9.17) is 0 Å². The van der Waals surface area contributed by atoms with E-state index in [1.165, 1.54) is 6.08 Å². The van der Waals surface area contributed by atoms with Crippen LogP contribution in [0.25, 0.3) is 11.8 Å². The third kappa shape index (κ3) is 2.88. The number of amides is 4. The lowest BCUT2D eigenvalue weighted by atomic mass is 10.1. The highest BCUT2D eigenvalue weighted by Crippen LogP contribution is 2.25. The Kier molecular flexibility index (Phi) is 4.38. The molecule has 0 radical (unpaired) electrons. The Hall–Kier alpha value is -3.35. The lowest BCUT2D eigenvalue weighted by molar-refractivity contribution is -0.129. The fourth-order valence-corrected chi connectivity index (χ4v) is 3.07. The maximum atomic E-state index is 12.4. The zero-order valence-electron chi connectivity index (χ0n) is 14.7. The van der Waals surface area contributed by atoms with Crippen LogP contribution in [0.3, 0.4) is 0 Å². The molecule has 2 heterocycles. The summed E-state index contributed by atoms with van der Waals surface area (Å²) in [4.78, 5) is 37.2. The van der Waals surface area contributed by atoms with Gasteiger partial charge in [-0.1, -0.05) is 0 Å². The first-order valence-corrected chi connectivity index (χ1v) is 8.20. The Labute approximate surface area is 150 Å². The van der Waals surface area contributed by atoms with Crippen molar-refractivity contribution >= 4 is 23.9 Å². The smallest absolute Gasteiger partial charge is 0.331 e. The highest BCUT2D eigenvalue weighted by molar-refractivity contribution is 6.31. The Balaban J connectivity index is 2.05. The Morgan fingerprint density at radius 2 is 1.77 bits per heavy atom. The van der Waals surface area contributed by atoms with Crippen LogP contribution in [0.15, 0.2) is 35.9 Å². The number of hydrogen-bond donors (Lipinski definition) is 2. The zero-order valence-corrected chi connectivity index (χ0v) is 14.7. The van der Waals surface area contributed by atoms with Crippen molar-refractivity contribution in [2.24, 2.45) is 0 Å². The summed E-state index contributed by atoms with van der Waals surface area (Å²) in [6.07, 6.45) is 1.51. The molecule has 1 aromatic heterocycles. The van der Waals surface area contributed by atoms with E-state index in [9.17, 15) is 19.5 Å². The monoisotopic (exact) mass is 353 g/mol. The van der Waals surface area contributed by atoms with E-state index in [0.717, 1.165) is 22.0 Å². The maximum Gasteiger partial charge on any atom is 0.331 e. The summed E-state index contributed by atoms with van der Waals surface area (Å²) >= 11 is 0. The number of aryl methyl sites for hydroxylation is 1. The number of benzene rings is 1. The van der Waals surface area contributed by atoms with Gasteiger partial charge in [0.2, 0.25) is 0 Å². The molecule has 4 amide bonds. The fourth-order valence-electron chi connectivity index (χ4n) is 3.07. The van der Waals surface area contributed by atoms with Gasteiger partial charge in [0.15, 0.2) is 0 Å². The van der Waals surface area contributed by atoms with Crippen LogP contribution in [-0.4, -0.2) is 39.0 Å². The number of imide groups is 2. The molecule has 26 heavy (non-hydrogen) atoms. The number of carbonyl (C=O) groups is 3. The van der Waals surface area contributed by atoms with E-state index in [0.29, 0.717) is 5.56 Å². The number of aromatic hydroxyl groups is 1. The lowest BCUT2D eigenvalue weighted by Crippen LogP contribution is -2.53. The van der Waals surface area contributed by atoms with E-state index >= 15 is 0 Å². The number of likely N-dealkylation sites (N-methyl/N-ethyl adjacent to an activating group) is 1. The van der Waals surface area contributed by atoms with Gasteiger partial charge in [0.1, 0.15) is 11.3 Å². The highest BCUT2D eigenvalue weighted by Gasteiger charge is 2.34. The van der Waals surface area contributed by atoms with Crippen molar-refractivity contribution in [2.75, 3.05) is 6.54 Å². The molecule has 0 saturated carbocycles. The molecular formula is C19H19N3O4. The van der Waals surface area contributed by atoms with Gasteiger partial charge in [-0.25, -0.2) is 4.79 Å². The van der Waals surface area contributed by atoms with Crippen molar-refractivity contribution < 1.29 is 19.5 Å². The van der Waals surface area contributed by atoms with E-state index in [1.54, 1.807) is 31.2 Å². The minimum absolute atomic E-state index is 0.0718. The molecule has 0 unspecified atom stereocenters. The van der Waals surface area contributed by atoms with Gasteiger partial charge >= 0.3 is 6.03 Å². The predicted molar refractivity (Wildman–Crippen MR) is 95.8 cm³/mol. The molecular weight excluding hydrogens is 334 g/mol. The minimum Gasteiger partial charge on any atom is -0.508 e. The molecule has 1 saturated heterocycles. The molecule has 2 aromatic rings. The highest BCUT2D eigenvalue weighted by atomic mass is 16.3. The Morgan fingerprint density at radius 3 is 2.38 bits per heavy atom. The summed E-state index contributed by atoms with van der Waals surface area (Å²) < 4.78 is 1.96. The predicted octanol–water partition coefficient (Wildman–Crippen LogP) is 2.28. The number of nitrogens with zero attached hydrogens (tertiary/aromatic N) is 2. The van der Waals surface area contributed by atoms with Crippen molar-refractivity contribution in [3.63, 3.8) is 0 Å². The van der Waals surface area contributed by atoms with Gasteiger partial charge in [0.05, 0.1) is 0 Å². The average Bonchev–Trinajstić information content (AvgIpc) is 2.86. The van der Waals surface area contributed by atoms with Gasteiger partial charge in [0, 0.05) is 23.6 Å². The summed E-state index contributed by atoms with van der Waals surface area (Å²) in [7, 11) is 0. The first-order chi connectivity index (χ1) is 12.3. The standard InChI is InChI=1S/C19H19N3O4/c1-4-21-18(25)16(17(24)20-19(21)26)10-13-9-11(2)22(12(13)3)14-5-7-15(23)8-6-14/h5-10,23H,4H2,1-3H3,(H,20,24,26)/b16-10+. The number of phenolic OH excluding ortho intramolecular Hbond substituents is 1. The second kappa shape index (κ2) is 6.51. The van der Waals surface area contributed by atoms with Crippen molar-refractivity contribution in [1.82, 2.24) is 14.8 Å². The molecule has 1 aliphatic rings. The van der Waals surface area contributed by atoms with Crippen LogP contribution in [-0.2, 0) is 9.59 Å². The quantitative estimate of drug-likeness (QED) is 0.654. The maximum absolute atomic E-state index is 12.4. The first kappa shape index (κ1) is 17.5. The normalized spacial score (nSPS) is 16.3. The SMILES string of the molecule is CCN1C(=O)NC(=O)/C(=C\c2cc(C)n(-c3ccc(O)cc3)c2C)C1=O. The molecule has 0 spiro atoms. The van der Waals surface area contributed by atoms with Gasteiger partial charge in [0.25, 0.3) is 11.8 Å². The first-order valence-electron chi connectivity index (χ1n) is 8.20. The van der Waals surface area contributed by atoms with Crippen LogP contribution < -0.4 is 5.32 Å². The molecule has 7 heteroatoms. The third-order valence-electron chi connectivity index (χ3n) is 4.38. The molecule has 3 rings (SSSR count).